The fourth-order valence-corrected chi connectivity index (χ4v) is 2.25. The molecule has 0 saturated carbocycles. The van der Waals surface area contributed by atoms with E-state index in [0.29, 0.717) is 28.9 Å². The van der Waals surface area contributed by atoms with Crippen molar-refractivity contribution in [3.05, 3.63) is 53.6 Å². The van der Waals surface area contributed by atoms with Gasteiger partial charge in [0, 0.05) is 17.2 Å². The number of rotatable bonds is 3. The number of aliphatic imine (C=N–C) groups is 1. The van der Waals surface area contributed by atoms with Gasteiger partial charge >= 0.3 is 0 Å². The smallest absolute Gasteiger partial charge is 0.144 e. The number of nitrogens with zero attached hydrogens (tertiary/aromatic N) is 1. The highest BCUT2D eigenvalue weighted by Crippen LogP contribution is 2.32. The lowest BCUT2D eigenvalue weighted by Gasteiger charge is -2.08. The first-order valence-electron chi connectivity index (χ1n) is 6.49. The van der Waals surface area contributed by atoms with Crippen molar-refractivity contribution in [1.29, 1.82) is 5.41 Å². The molecule has 0 spiro atoms. The molecule has 0 saturated heterocycles. The molecule has 21 heavy (non-hydrogen) atoms. The van der Waals surface area contributed by atoms with E-state index in [-0.39, 0.29) is 0 Å². The molecule has 1 heterocycles. The molecule has 5 heteroatoms. The van der Waals surface area contributed by atoms with Crippen LogP contribution in [0.1, 0.15) is 11.1 Å². The Kier molecular flexibility index (Phi) is 3.31. The van der Waals surface area contributed by atoms with Crippen molar-refractivity contribution in [3.8, 4) is 11.5 Å². The molecule has 0 bridgehead atoms. The van der Waals surface area contributed by atoms with E-state index in [2.05, 4.69) is 10.3 Å². The highest BCUT2D eigenvalue weighted by molar-refractivity contribution is 6.24. The number of fused-ring (bicyclic) bond motifs is 1. The van der Waals surface area contributed by atoms with Crippen molar-refractivity contribution in [2.75, 3.05) is 14.2 Å². The molecular formula is C16H15N3O2. The normalized spacial score (nSPS) is 14.8. The van der Waals surface area contributed by atoms with E-state index in [1.807, 2.05) is 36.4 Å². The third-order valence-electron chi connectivity index (χ3n) is 3.31. The maximum atomic E-state index is 7.96. The Hall–Kier alpha value is -2.82. The maximum Gasteiger partial charge on any atom is 0.144 e. The number of amidine groups is 2. The zero-order valence-corrected chi connectivity index (χ0v) is 11.8. The third-order valence-corrected chi connectivity index (χ3v) is 3.31. The van der Waals surface area contributed by atoms with Gasteiger partial charge in [0.05, 0.1) is 14.2 Å². The van der Waals surface area contributed by atoms with Crippen LogP contribution >= 0.6 is 0 Å². The summed E-state index contributed by atoms with van der Waals surface area (Å²) >= 11 is 0. The minimum atomic E-state index is 0.353. The fourth-order valence-electron chi connectivity index (χ4n) is 2.25. The Bertz CT molecular complexity index is 738. The molecule has 0 radical (unpaired) electrons. The summed E-state index contributed by atoms with van der Waals surface area (Å²) < 4.78 is 10.5. The van der Waals surface area contributed by atoms with Crippen molar-refractivity contribution < 1.29 is 9.47 Å². The Labute approximate surface area is 122 Å². The molecule has 0 atom stereocenters. The number of nitrogens with one attached hydrogen (secondary N) is 2. The van der Waals surface area contributed by atoms with Crippen molar-refractivity contribution in [2.45, 2.75) is 0 Å². The predicted molar refractivity (Wildman–Crippen MR) is 82.1 cm³/mol. The van der Waals surface area contributed by atoms with Gasteiger partial charge in [-0.25, -0.2) is 4.99 Å². The Morgan fingerprint density at radius 3 is 2.48 bits per heavy atom. The van der Waals surface area contributed by atoms with Crippen molar-refractivity contribution in [3.63, 3.8) is 0 Å². The van der Waals surface area contributed by atoms with E-state index in [1.165, 1.54) is 0 Å². The standard InChI is InChI=1S/C16H15N3O2/c1-20-10-7-8-14(21-2)13(9-10)18-16-12-6-4-3-5-11(12)15(17)19-16/h3-9H,1-2H3,(H2,17,18,19). The van der Waals surface area contributed by atoms with Gasteiger partial charge < -0.3 is 14.8 Å². The van der Waals surface area contributed by atoms with E-state index in [1.54, 1.807) is 20.3 Å². The quantitative estimate of drug-likeness (QED) is 0.909. The molecule has 3 rings (SSSR count). The van der Waals surface area contributed by atoms with Crippen LogP contribution in [0.25, 0.3) is 0 Å². The van der Waals surface area contributed by atoms with Gasteiger partial charge in [0.25, 0.3) is 0 Å². The number of hydrogen-bond donors (Lipinski definition) is 2. The molecule has 106 valence electrons. The molecule has 0 amide bonds. The van der Waals surface area contributed by atoms with Crippen LogP contribution in [-0.2, 0) is 0 Å². The largest absolute Gasteiger partial charge is 0.497 e. The molecule has 5 nitrogen and oxygen atoms in total. The van der Waals surface area contributed by atoms with E-state index >= 15 is 0 Å². The molecule has 2 aromatic carbocycles. The Morgan fingerprint density at radius 1 is 1.00 bits per heavy atom. The van der Waals surface area contributed by atoms with Gasteiger partial charge in [0.15, 0.2) is 0 Å². The summed E-state index contributed by atoms with van der Waals surface area (Å²) in [5, 5.41) is 10.9. The average Bonchev–Trinajstić information content (AvgIpc) is 2.84. The monoisotopic (exact) mass is 281 g/mol. The van der Waals surface area contributed by atoms with E-state index < -0.39 is 0 Å². The molecule has 1 aliphatic heterocycles. The van der Waals surface area contributed by atoms with E-state index in [4.69, 9.17) is 14.9 Å². The van der Waals surface area contributed by atoms with Crippen LogP contribution in [0.5, 0.6) is 11.5 Å². The first-order chi connectivity index (χ1) is 10.2. The summed E-state index contributed by atoms with van der Waals surface area (Å²) in [5.74, 6) is 2.35. The van der Waals surface area contributed by atoms with Crippen LogP contribution in [0.4, 0.5) is 5.69 Å². The molecule has 0 aliphatic carbocycles. The number of hydrogen-bond acceptors (Lipinski definition) is 4. The van der Waals surface area contributed by atoms with Crippen molar-refractivity contribution in [2.24, 2.45) is 4.99 Å². The van der Waals surface area contributed by atoms with E-state index in [9.17, 15) is 0 Å². The van der Waals surface area contributed by atoms with Crippen LogP contribution in [0.2, 0.25) is 0 Å². The van der Waals surface area contributed by atoms with Crippen LogP contribution in [0.15, 0.2) is 47.5 Å². The molecule has 0 unspecified atom stereocenters. The summed E-state index contributed by atoms with van der Waals surface area (Å²) in [6.07, 6.45) is 0. The van der Waals surface area contributed by atoms with Gasteiger partial charge in [-0.2, -0.15) is 0 Å². The van der Waals surface area contributed by atoms with Gasteiger partial charge in [0.2, 0.25) is 0 Å². The molecule has 2 aromatic rings. The molecule has 1 aliphatic rings. The highest BCUT2D eigenvalue weighted by atomic mass is 16.5. The molecule has 0 fully saturated rings. The summed E-state index contributed by atoms with van der Waals surface area (Å²) in [5.41, 5.74) is 2.41. The van der Waals surface area contributed by atoms with Gasteiger partial charge in [-0.1, -0.05) is 24.3 Å². The molecular weight excluding hydrogens is 266 g/mol. The van der Waals surface area contributed by atoms with E-state index in [0.717, 1.165) is 11.1 Å². The zero-order valence-electron chi connectivity index (χ0n) is 11.8. The number of methoxy groups -OCH3 is 2. The summed E-state index contributed by atoms with van der Waals surface area (Å²) in [7, 11) is 3.21. The number of ether oxygens (including phenoxy) is 2. The Morgan fingerprint density at radius 2 is 1.76 bits per heavy atom. The fraction of sp³-hybridized carbons (Fsp3) is 0.125. The van der Waals surface area contributed by atoms with Crippen molar-refractivity contribution >= 4 is 17.4 Å². The lowest BCUT2D eigenvalue weighted by atomic mass is 10.1. The topological polar surface area (TPSA) is 66.7 Å². The SMILES string of the molecule is COc1ccc(OC)c(N=C2NC(=N)c3ccccc32)c1. The average molecular weight is 281 g/mol. The lowest BCUT2D eigenvalue weighted by molar-refractivity contribution is 0.404. The van der Waals surface area contributed by atoms with Gasteiger partial charge in [0.1, 0.15) is 28.9 Å². The Balaban J connectivity index is 2.09. The molecule has 0 aromatic heterocycles. The molecule has 2 N–H and O–H groups in total. The second-order valence-corrected chi connectivity index (χ2v) is 4.54. The summed E-state index contributed by atoms with van der Waals surface area (Å²) in [6.45, 7) is 0. The lowest BCUT2D eigenvalue weighted by Crippen LogP contribution is -2.21. The second kappa shape index (κ2) is 5.28. The van der Waals surface area contributed by atoms with Crippen molar-refractivity contribution in [1.82, 2.24) is 5.32 Å². The zero-order chi connectivity index (χ0) is 14.8. The van der Waals surface area contributed by atoms with Crippen LogP contribution in [0.3, 0.4) is 0 Å². The predicted octanol–water partition coefficient (Wildman–Crippen LogP) is 2.71. The van der Waals surface area contributed by atoms with Gasteiger partial charge in [-0.3, -0.25) is 5.41 Å². The summed E-state index contributed by atoms with van der Waals surface area (Å²) in [4.78, 5) is 4.59. The highest BCUT2D eigenvalue weighted by Gasteiger charge is 2.21. The summed E-state index contributed by atoms with van der Waals surface area (Å²) in [6, 6.07) is 13.1. The van der Waals surface area contributed by atoms with Crippen LogP contribution < -0.4 is 14.8 Å². The maximum absolute atomic E-state index is 7.96. The van der Waals surface area contributed by atoms with Gasteiger partial charge in [-0.05, 0) is 12.1 Å². The second-order valence-electron chi connectivity index (χ2n) is 4.54. The minimum absolute atomic E-state index is 0.353. The first kappa shape index (κ1) is 13.2. The first-order valence-corrected chi connectivity index (χ1v) is 6.49. The van der Waals surface area contributed by atoms with Crippen LogP contribution in [0, 0.1) is 5.41 Å². The van der Waals surface area contributed by atoms with Crippen LogP contribution in [-0.4, -0.2) is 25.9 Å². The van der Waals surface area contributed by atoms with Gasteiger partial charge in [-0.15, -0.1) is 0 Å². The number of benzene rings is 2. The minimum Gasteiger partial charge on any atom is -0.497 e. The third kappa shape index (κ3) is 2.33.